The van der Waals surface area contributed by atoms with Crippen LogP contribution in [-0.2, 0) is 29.1 Å². The molecule has 0 aliphatic carbocycles. The highest BCUT2D eigenvalue weighted by Gasteiger charge is 2.35. The third kappa shape index (κ3) is 4.16. The summed E-state index contributed by atoms with van der Waals surface area (Å²) in [4.78, 5) is 26.2. The molecule has 3 heterocycles. The summed E-state index contributed by atoms with van der Waals surface area (Å²) in [6.45, 7) is 2.81. The second-order valence-electron chi connectivity index (χ2n) is 8.26. The van der Waals surface area contributed by atoms with Crippen molar-refractivity contribution in [1.29, 1.82) is 0 Å². The monoisotopic (exact) mass is 511 g/mol. The number of benzene rings is 2. The van der Waals surface area contributed by atoms with Crippen LogP contribution in [0.4, 0.5) is 0 Å². The van der Waals surface area contributed by atoms with Crippen LogP contribution >= 0.6 is 15.9 Å². The van der Waals surface area contributed by atoms with Crippen LogP contribution < -0.4 is 15.0 Å². The van der Waals surface area contributed by atoms with Crippen LogP contribution in [0.1, 0.15) is 40.3 Å². The third-order valence-corrected chi connectivity index (χ3v) is 6.55. The molecule has 0 amide bonds. The standard InChI is InChI=1S/C25H22BrNO6/c1-14-8-21-23(25(30)27(14)7-6-15-2-4-18(28)5-3-15)19(11-22(29)33-21)20-10-17(26)9-16-12-31-13-32-24(16)20/h2-5,8-10,19,28H,6-7,11-13H2,1H3/t19-/m0/s1. The number of halogens is 1. The Morgan fingerprint density at radius 3 is 2.73 bits per heavy atom. The average molecular weight is 512 g/mol. The Balaban J connectivity index is 1.59. The van der Waals surface area contributed by atoms with Gasteiger partial charge < -0.3 is 23.9 Å². The van der Waals surface area contributed by atoms with E-state index in [1.54, 1.807) is 22.8 Å². The molecule has 0 radical (unpaired) electrons. The van der Waals surface area contributed by atoms with E-state index < -0.39 is 5.92 Å². The second kappa shape index (κ2) is 8.68. The number of phenols is 1. The Bertz CT molecular complexity index is 1300. The number of hydrogen-bond acceptors (Lipinski definition) is 6. The second-order valence-corrected chi connectivity index (χ2v) is 9.18. The van der Waals surface area contributed by atoms with Crippen molar-refractivity contribution in [3.05, 3.63) is 85.2 Å². The summed E-state index contributed by atoms with van der Waals surface area (Å²) in [5.41, 5.74) is 3.64. The Morgan fingerprint density at radius 1 is 1.15 bits per heavy atom. The van der Waals surface area contributed by atoms with Crippen molar-refractivity contribution < 1.29 is 24.1 Å². The molecule has 1 atom stereocenters. The number of pyridine rings is 1. The number of ether oxygens (including phenoxy) is 3. The molecule has 0 spiro atoms. The molecule has 2 aliphatic heterocycles. The highest BCUT2D eigenvalue weighted by molar-refractivity contribution is 9.10. The van der Waals surface area contributed by atoms with Crippen molar-refractivity contribution in [3.63, 3.8) is 0 Å². The molecule has 33 heavy (non-hydrogen) atoms. The van der Waals surface area contributed by atoms with Gasteiger partial charge in [-0.1, -0.05) is 28.1 Å². The van der Waals surface area contributed by atoms with Gasteiger partial charge >= 0.3 is 5.97 Å². The van der Waals surface area contributed by atoms with Crippen molar-refractivity contribution in [2.45, 2.75) is 38.8 Å². The van der Waals surface area contributed by atoms with Gasteiger partial charge in [0.25, 0.3) is 5.56 Å². The lowest BCUT2D eigenvalue weighted by molar-refractivity contribution is -0.135. The largest absolute Gasteiger partial charge is 0.508 e. The predicted molar refractivity (Wildman–Crippen MR) is 124 cm³/mol. The number of phenolic OH excluding ortho intramolecular Hbond substituents is 1. The molecular formula is C25H22BrNO6. The number of aromatic nitrogens is 1. The number of nitrogens with zero attached hydrogens (tertiary/aromatic N) is 1. The first-order valence-corrected chi connectivity index (χ1v) is 11.5. The molecule has 1 aromatic heterocycles. The highest BCUT2D eigenvalue weighted by Crippen LogP contribution is 2.44. The molecule has 7 nitrogen and oxygen atoms in total. The molecule has 170 valence electrons. The van der Waals surface area contributed by atoms with E-state index in [4.69, 9.17) is 14.2 Å². The van der Waals surface area contributed by atoms with Gasteiger partial charge in [-0.3, -0.25) is 9.59 Å². The van der Waals surface area contributed by atoms with Gasteiger partial charge in [0.15, 0.2) is 6.79 Å². The van der Waals surface area contributed by atoms with E-state index in [1.807, 2.05) is 31.2 Å². The van der Waals surface area contributed by atoms with Crippen molar-refractivity contribution in [1.82, 2.24) is 4.57 Å². The van der Waals surface area contributed by atoms with Gasteiger partial charge in [-0.05, 0) is 43.2 Å². The van der Waals surface area contributed by atoms with E-state index in [9.17, 15) is 14.7 Å². The van der Waals surface area contributed by atoms with Gasteiger partial charge in [0.2, 0.25) is 0 Å². The minimum Gasteiger partial charge on any atom is -0.508 e. The van der Waals surface area contributed by atoms with E-state index in [0.29, 0.717) is 42.3 Å². The number of aryl methyl sites for hydroxylation is 2. The normalized spacial score (nSPS) is 17.0. The number of carbonyl (C=O) groups excluding carboxylic acids is 1. The molecule has 0 saturated carbocycles. The van der Waals surface area contributed by atoms with Gasteiger partial charge in [0.05, 0.1) is 18.6 Å². The highest BCUT2D eigenvalue weighted by atomic mass is 79.9. The summed E-state index contributed by atoms with van der Waals surface area (Å²) in [6, 6.07) is 12.5. The fraction of sp³-hybridized carbons (Fsp3) is 0.280. The lowest BCUT2D eigenvalue weighted by atomic mass is 9.85. The van der Waals surface area contributed by atoms with Crippen molar-refractivity contribution in [2.24, 2.45) is 0 Å². The van der Waals surface area contributed by atoms with E-state index >= 15 is 0 Å². The van der Waals surface area contributed by atoms with E-state index in [1.165, 1.54) is 0 Å². The lowest BCUT2D eigenvalue weighted by Crippen LogP contribution is -2.34. The SMILES string of the molecule is Cc1cc2c(c(=O)n1CCc1ccc(O)cc1)[C@H](c1cc(Br)cc3c1OCOC3)CC(=O)O2. The van der Waals surface area contributed by atoms with Crippen molar-refractivity contribution >= 4 is 21.9 Å². The minimum atomic E-state index is -0.487. The van der Waals surface area contributed by atoms with Crippen molar-refractivity contribution in [2.75, 3.05) is 6.79 Å². The number of aromatic hydroxyl groups is 1. The fourth-order valence-electron chi connectivity index (χ4n) is 4.51. The topological polar surface area (TPSA) is 87.0 Å². The van der Waals surface area contributed by atoms with E-state index in [0.717, 1.165) is 21.2 Å². The van der Waals surface area contributed by atoms with Gasteiger partial charge in [0, 0.05) is 39.8 Å². The first kappa shape index (κ1) is 21.7. The van der Waals surface area contributed by atoms with E-state index in [2.05, 4.69) is 15.9 Å². The molecule has 1 N–H and O–H groups in total. The fourth-order valence-corrected chi connectivity index (χ4v) is 5.03. The first-order valence-electron chi connectivity index (χ1n) is 10.7. The molecule has 2 aromatic carbocycles. The summed E-state index contributed by atoms with van der Waals surface area (Å²) in [7, 11) is 0. The minimum absolute atomic E-state index is 0.0520. The predicted octanol–water partition coefficient (Wildman–Crippen LogP) is 4.18. The summed E-state index contributed by atoms with van der Waals surface area (Å²) in [5, 5.41) is 9.51. The number of esters is 1. The summed E-state index contributed by atoms with van der Waals surface area (Å²) < 4.78 is 19.2. The zero-order chi connectivity index (χ0) is 23.1. The van der Waals surface area contributed by atoms with Gasteiger partial charge in [0.1, 0.15) is 17.2 Å². The molecule has 5 rings (SSSR count). The Kier molecular flexibility index (Phi) is 5.72. The maximum absolute atomic E-state index is 13.7. The van der Waals surface area contributed by atoms with Crippen LogP contribution in [0.2, 0.25) is 0 Å². The lowest BCUT2D eigenvalue weighted by Gasteiger charge is -2.29. The number of fused-ring (bicyclic) bond motifs is 2. The average Bonchev–Trinajstić information content (AvgIpc) is 2.78. The van der Waals surface area contributed by atoms with Gasteiger partial charge in [-0.2, -0.15) is 0 Å². The maximum Gasteiger partial charge on any atom is 0.312 e. The molecule has 0 saturated heterocycles. The smallest absolute Gasteiger partial charge is 0.312 e. The van der Waals surface area contributed by atoms with Crippen LogP contribution in [0.5, 0.6) is 17.2 Å². The third-order valence-electron chi connectivity index (χ3n) is 6.09. The van der Waals surface area contributed by atoms with Crippen molar-refractivity contribution in [3.8, 4) is 17.2 Å². The molecule has 8 heteroatoms. The molecule has 0 fully saturated rings. The Hall–Kier alpha value is -3.10. The van der Waals surface area contributed by atoms with Crippen LogP contribution in [0.25, 0.3) is 0 Å². The molecular weight excluding hydrogens is 490 g/mol. The molecule has 0 unspecified atom stereocenters. The summed E-state index contributed by atoms with van der Waals surface area (Å²) >= 11 is 3.53. The zero-order valence-corrected chi connectivity index (χ0v) is 19.6. The van der Waals surface area contributed by atoms with Crippen LogP contribution in [0.3, 0.4) is 0 Å². The summed E-state index contributed by atoms with van der Waals surface area (Å²) in [6.07, 6.45) is 0.674. The first-order chi connectivity index (χ1) is 15.9. The number of hydrogen-bond donors (Lipinski definition) is 1. The Labute approximate surface area is 198 Å². The van der Waals surface area contributed by atoms with Gasteiger partial charge in [-0.15, -0.1) is 0 Å². The van der Waals surface area contributed by atoms with Crippen LogP contribution in [0.15, 0.2) is 51.7 Å². The summed E-state index contributed by atoms with van der Waals surface area (Å²) in [5.74, 6) is 0.300. The zero-order valence-electron chi connectivity index (χ0n) is 18.0. The maximum atomic E-state index is 13.7. The number of rotatable bonds is 4. The molecule has 0 bridgehead atoms. The van der Waals surface area contributed by atoms with Gasteiger partial charge in [-0.25, -0.2) is 0 Å². The van der Waals surface area contributed by atoms with Crippen LogP contribution in [0, 0.1) is 6.92 Å². The van der Waals surface area contributed by atoms with Crippen LogP contribution in [-0.4, -0.2) is 22.4 Å². The van der Waals surface area contributed by atoms with E-state index in [-0.39, 0.29) is 30.5 Å². The molecule has 2 aliphatic rings. The quantitative estimate of drug-likeness (QED) is 0.528. The molecule has 3 aromatic rings. The number of carbonyl (C=O) groups is 1. The Morgan fingerprint density at radius 2 is 1.94 bits per heavy atom.